The number of amides is 1. The van der Waals surface area contributed by atoms with Crippen molar-refractivity contribution < 1.29 is 18.0 Å². The van der Waals surface area contributed by atoms with E-state index in [1.807, 2.05) is 44.2 Å². The Balaban J connectivity index is 1.30. The molecule has 0 bridgehead atoms. The van der Waals surface area contributed by atoms with Crippen LogP contribution in [-0.4, -0.2) is 22.3 Å². The Hall–Kier alpha value is -3.16. The van der Waals surface area contributed by atoms with Crippen LogP contribution in [0.4, 0.5) is 13.2 Å². The lowest BCUT2D eigenvalue weighted by molar-refractivity contribution is -0.137. The van der Waals surface area contributed by atoms with Crippen molar-refractivity contribution in [3.8, 4) is 0 Å². The van der Waals surface area contributed by atoms with Crippen LogP contribution in [0.5, 0.6) is 0 Å². The summed E-state index contributed by atoms with van der Waals surface area (Å²) in [6.07, 6.45) is 1.39. The van der Waals surface area contributed by atoms with Crippen LogP contribution in [0.25, 0.3) is 0 Å². The summed E-state index contributed by atoms with van der Waals surface area (Å²) in [5.74, 6) is -0.166. The number of benzene rings is 2. The molecule has 1 aliphatic heterocycles. The molecular formula is C30H29ClF3N3O. The highest BCUT2D eigenvalue weighted by Gasteiger charge is 2.44. The molecule has 1 atom stereocenters. The van der Waals surface area contributed by atoms with Crippen LogP contribution in [0.1, 0.15) is 71.0 Å². The Morgan fingerprint density at radius 2 is 1.82 bits per heavy atom. The third-order valence-electron chi connectivity index (χ3n) is 7.37. The normalized spacial score (nSPS) is 18.1. The fraction of sp³-hybridized carbons (Fsp3) is 0.333. The molecule has 198 valence electrons. The van der Waals surface area contributed by atoms with Crippen molar-refractivity contribution in [1.82, 2.24) is 15.2 Å². The van der Waals surface area contributed by atoms with Crippen LogP contribution in [-0.2, 0) is 24.7 Å². The molecule has 1 fully saturated rings. The molecule has 1 saturated carbocycles. The van der Waals surface area contributed by atoms with Crippen molar-refractivity contribution in [2.24, 2.45) is 0 Å². The Morgan fingerprint density at radius 1 is 1.13 bits per heavy atom. The first-order valence-electron chi connectivity index (χ1n) is 12.6. The minimum Gasteiger partial charge on any atom is -0.351 e. The van der Waals surface area contributed by atoms with Gasteiger partial charge in [0.2, 0.25) is 0 Å². The molecule has 1 unspecified atom stereocenters. The Bertz CT molecular complexity index is 1360. The minimum absolute atomic E-state index is 0.0442. The van der Waals surface area contributed by atoms with Crippen LogP contribution in [0.15, 0.2) is 72.4 Å². The van der Waals surface area contributed by atoms with E-state index in [2.05, 4.69) is 21.3 Å². The number of allylic oxidation sites excluding steroid dienone is 1. The first kappa shape index (κ1) is 26.4. The van der Waals surface area contributed by atoms with Crippen LogP contribution < -0.4 is 5.32 Å². The number of alkyl halides is 3. The second-order valence-electron chi connectivity index (χ2n) is 10.5. The zero-order valence-electron chi connectivity index (χ0n) is 21.3. The first-order chi connectivity index (χ1) is 18.0. The predicted molar refractivity (Wildman–Crippen MR) is 142 cm³/mol. The number of rotatable bonds is 7. The van der Waals surface area contributed by atoms with E-state index in [9.17, 15) is 18.0 Å². The van der Waals surface area contributed by atoms with Gasteiger partial charge in [0.25, 0.3) is 5.91 Å². The average Bonchev–Trinajstić information content (AvgIpc) is 3.60. The molecule has 1 N–H and O–H groups in total. The number of carbonyl (C=O) groups excluding carboxylic acids is 1. The van der Waals surface area contributed by atoms with Gasteiger partial charge >= 0.3 is 6.18 Å². The molecule has 2 heterocycles. The van der Waals surface area contributed by atoms with Crippen molar-refractivity contribution in [3.05, 3.63) is 111 Å². The predicted octanol–water partition coefficient (Wildman–Crippen LogP) is 7.24. The largest absolute Gasteiger partial charge is 0.416 e. The Kier molecular flexibility index (Phi) is 7.09. The van der Waals surface area contributed by atoms with E-state index in [4.69, 9.17) is 11.6 Å². The van der Waals surface area contributed by atoms with Crippen LogP contribution >= 0.6 is 11.6 Å². The van der Waals surface area contributed by atoms with Gasteiger partial charge in [-0.2, -0.15) is 13.2 Å². The van der Waals surface area contributed by atoms with Crippen molar-refractivity contribution >= 4 is 17.5 Å². The van der Waals surface area contributed by atoms with E-state index in [-0.39, 0.29) is 17.4 Å². The molecule has 2 aromatic carbocycles. The molecule has 8 heteroatoms. The number of hydrogen-bond acceptors (Lipinski definition) is 3. The lowest BCUT2D eigenvalue weighted by Gasteiger charge is -2.22. The summed E-state index contributed by atoms with van der Waals surface area (Å²) in [6, 6.07) is 14.8. The maximum absolute atomic E-state index is 13.1. The van der Waals surface area contributed by atoms with E-state index in [1.54, 1.807) is 6.20 Å². The highest BCUT2D eigenvalue weighted by atomic mass is 35.5. The fourth-order valence-electron chi connectivity index (χ4n) is 5.09. The molecule has 1 aromatic heterocycles. The second kappa shape index (κ2) is 10.2. The fourth-order valence-corrected chi connectivity index (χ4v) is 5.22. The van der Waals surface area contributed by atoms with Gasteiger partial charge in [-0.3, -0.25) is 14.7 Å². The summed E-state index contributed by atoms with van der Waals surface area (Å²) < 4.78 is 38.9. The number of carbonyl (C=O) groups is 1. The molecule has 5 rings (SSSR count). The maximum atomic E-state index is 13.1. The van der Waals surface area contributed by atoms with E-state index in [0.29, 0.717) is 30.2 Å². The van der Waals surface area contributed by atoms with Crippen molar-refractivity contribution in [2.75, 3.05) is 6.54 Å². The number of hydrogen-bond donors (Lipinski definition) is 1. The number of aromatic nitrogens is 1. The second-order valence-corrected chi connectivity index (χ2v) is 11.0. The lowest BCUT2D eigenvalue weighted by atomic mass is 9.96. The number of nitrogens with zero attached hydrogens (tertiary/aromatic N) is 2. The summed E-state index contributed by atoms with van der Waals surface area (Å²) >= 11 is 6.03. The molecular weight excluding hydrogens is 511 g/mol. The lowest BCUT2D eigenvalue weighted by Crippen LogP contribution is -2.32. The van der Waals surface area contributed by atoms with Gasteiger partial charge in [0.05, 0.1) is 22.9 Å². The highest BCUT2D eigenvalue weighted by Crippen LogP contribution is 2.48. The van der Waals surface area contributed by atoms with Gasteiger partial charge in [-0.1, -0.05) is 47.5 Å². The Labute approximate surface area is 225 Å². The summed E-state index contributed by atoms with van der Waals surface area (Å²) in [4.78, 5) is 19.9. The van der Waals surface area contributed by atoms with Gasteiger partial charge < -0.3 is 5.32 Å². The van der Waals surface area contributed by atoms with Gasteiger partial charge in [-0.25, -0.2) is 0 Å². The molecule has 1 amide bonds. The topological polar surface area (TPSA) is 45.2 Å². The third kappa shape index (κ3) is 5.64. The van der Waals surface area contributed by atoms with E-state index in [0.717, 1.165) is 47.4 Å². The summed E-state index contributed by atoms with van der Waals surface area (Å²) in [6.45, 7) is 5.57. The van der Waals surface area contributed by atoms with Gasteiger partial charge in [0, 0.05) is 36.3 Å². The standard InChI is InChI=1S/C30H29ClF3N3O/c1-19(2)13-26-27-22(17-37(26)16-20-3-5-24(6-4-20)30(32,33)34)14-21(15-35-27)28(38)36-18-29(11-12-29)23-7-9-25(31)10-8-23/h3-10,13-15,26H,11-12,16-18H2,1-2H3,(H,36,38). The molecule has 0 radical (unpaired) electrons. The molecule has 3 aromatic rings. The average molecular weight is 540 g/mol. The zero-order valence-corrected chi connectivity index (χ0v) is 22.0. The van der Waals surface area contributed by atoms with E-state index in [1.165, 1.54) is 17.7 Å². The minimum atomic E-state index is -4.36. The monoisotopic (exact) mass is 539 g/mol. The highest BCUT2D eigenvalue weighted by molar-refractivity contribution is 6.30. The van der Waals surface area contributed by atoms with Gasteiger partial charge in [0.1, 0.15) is 0 Å². The zero-order chi connectivity index (χ0) is 27.1. The van der Waals surface area contributed by atoms with Crippen molar-refractivity contribution in [3.63, 3.8) is 0 Å². The Morgan fingerprint density at radius 3 is 2.42 bits per heavy atom. The van der Waals surface area contributed by atoms with Gasteiger partial charge in [0.15, 0.2) is 0 Å². The number of nitrogens with one attached hydrogen (secondary N) is 1. The molecule has 1 aliphatic carbocycles. The quantitative estimate of drug-likeness (QED) is 0.322. The number of halogens is 4. The van der Waals surface area contributed by atoms with Crippen LogP contribution in [0.2, 0.25) is 5.02 Å². The molecule has 0 saturated heterocycles. The van der Waals surface area contributed by atoms with Crippen molar-refractivity contribution in [2.45, 2.75) is 57.4 Å². The van der Waals surface area contributed by atoms with Gasteiger partial charge in [-0.15, -0.1) is 0 Å². The molecule has 2 aliphatic rings. The maximum Gasteiger partial charge on any atom is 0.416 e. The molecule has 38 heavy (non-hydrogen) atoms. The van der Waals surface area contributed by atoms with Gasteiger partial charge in [-0.05, 0) is 73.7 Å². The third-order valence-corrected chi connectivity index (χ3v) is 7.62. The molecule has 4 nitrogen and oxygen atoms in total. The molecule has 0 spiro atoms. The summed E-state index contributed by atoms with van der Waals surface area (Å²) in [5, 5.41) is 3.78. The smallest absolute Gasteiger partial charge is 0.351 e. The number of fused-ring (bicyclic) bond motifs is 1. The van der Waals surface area contributed by atoms with Crippen molar-refractivity contribution in [1.29, 1.82) is 0 Å². The SMILES string of the molecule is CC(C)=CC1c2ncc(C(=O)NCC3(c4ccc(Cl)cc4)CC3)cc2CN1Cc1ccc(C(F)(F)F)cc1. The summed E-state index contributed by atoms with van der Waals surface area (Å²) in [5.41, 5.74) is 4.69. The summed E-state index contributed by atoms with van der Waals surface area (Å²) in [7, 11) is 0. The van der Waals surface area contributed by atoms with E-state index >= 15 is 0 Å². The number of pyridine rings is 1. The van der Waals surface area contributed by atoms with Crippen LogP contribution in [0, 0.1) is 0 Å². The first-order valence-corrected chi connectivity index (χ1v) is 13.0. The van der Waals surface area contributed by atoms with E-state index < -0.39 is 11.7 Å². The van der Waals surface area contributed by atoms with Crippen LogP contribution in [0.3, 0.4) is 0 Å².